The van der Waals surface area contributed by atoms with Gasteiger partial charge >= 0.3 is 0 Å². The number of hydrogen-bond donors (Lipinski definition) is 2. The fourth-order valence-corrected chi connectivity index (χ4v) is 3.24. The number of likely N-dealkylation sites (tertiary alicyclic amines) is 1. The number of nitrogens with one attached hydrogen (secondary N) is 2. The molecule has 0 aromatic heterocycles. The summed E-state index contributed by atoms with van der Waals surface area (Å²) in [6.45, 7) is 8.72. The number of aryl methyl sites for hydroxylation is 1. The summed E-state index contributed by atoms with van der Waals surface area (Å²) < 4.78 is 5.84. The molecule has 0 saturated carbocycles. The highest BCUT2D eigenvalue weighted by Crippen LogP contribution is 2.16. The molecule has 1 aromatic carbocycles. The van der Waals surface area contributed by atoms with Crippen LogP contribution in [0.4, 0.5) is 0 Å². The fourth-order valence-electron chi connectivity index (χ4n) is 3.24. The predicted molar refractivity (Wildman–Crippen MR) is 134 cm³/mol. The monoisotopic (exact) mass is 531 g/mol. The Morgan fingerprint density at radius 2 is 1.97 bits per heavy atom. The Morgan fingerprint density at radius 1 is 1.27 bits per heavy atom. The van der Waals surface area contributed by atoms with Gasteiger partial charge in [-0.3, -0.25) is 14.7 Å². The zero-order valence-corrected chi connectivity index (χ0v) is 21.1. The zero-order chi connectivity index (χ0) is 21.1. The third-order valence-electron chi connectivity index (χ3n) is 5.05. The van der Waals surface area contributed by atoms with Crippen LogP contribution in [-0.2, 0) is 4.79 Å². The quantitative estimate of drug-likeness (QED) is 0.222. The SMILES string of the molecule is CCNC(=NCCCOc1ccccc1C)NC1CCN(CC(=O)N(C)C)CC1.I. The summed E-state index contributed by atoms with van der Waals surface area (Å²) in [5, 5.41) is 6.88. The van der Waals surface area contributed by atoms with Crippen molar-refractivity contribution in [2.24, 2.45) is 4.99 Å². The molecule has 170 valence electrons. The van der Waals surface area contributed by atoms with E-state index in [1.807, 2.05) is 32.3 Å². The first-order chi connectivity index (χ1) is 14.0. The summed E-state index contributed by atoms with van der Waals surface area (Å²) in [5.74, 6) is 1.98. The topological polar surface area (TPSA) is 69.2 Å². The van der Waals surface area contributed by atoms with E-state index in [4.69, 9.17) is 9.73 Å². The molecule has 1 aromatic rings. The smallest absolute Gasteiger partial charge is 0.236 e. The van der Waals surface area contributed by atoms with Crippen molar-refractivity contribution in [1.82, 2.24) is 20.4 Å². The molecule has 1 amide bonds. The van der Waals surface area contributed by atoms with E-state index in [0.717, 1.165) is 62.7 Å². The highest BCUT2D eigenvalue weighted by atomic mass is 127. The Kier molecular flexibility index (Phi) is 12.8. The van der Waals surface area contributed by atoms with Crippen LogP contribution in [0.2, 0.25) is 0 Å². The molecule has 0 spiro atoms. The summed E-state index contributed by atoms with van der Waals surface area (Å²) in [6, 6.07) is 8.47. The molecule has 0 unspecified atom stereocenters. The molecule has 1 aliphatic heterocycles. The van der Waals surface area contributed by atoms with Crippen molar-refractivity contribution in [2.45, 2.75) is 39.2 Å². The van der Waals surface area contributed by atoms with Gasteiger partial charge in [-0.25, -0.2) is 0 Å². The first-order valence-corrected chi connectivity index (χ1v) is 10.7. The first-order valence-electron chi connectivity index (χ1n) is 10.7. The van der Waals surface area contributed by atoms with Gasteiger partial charge in [-0.1, -0.05) is 18.2 Å². The Hall–Kier alpha value is -1.55. The molecule has 1 fully saturated rings. The van der Waals surface area contributed by atoms with Crippen molar-refractivity contribution in [3.05, 3.63) is 29.8 Å². The normalized spacial score (nSPS) is 15.3. The van der Waals surface area contributed by atoms with Crippen molar-refractivity contribution >= 4 is 35.8 Å². The third-order valence-corrected chi connectivity index (χ3v) is 5.05. The van der Waals surface area contributed by atoms with E-state index in [-0.39, 0.29) is 29.9 Å². The number of amides is 1. The molecule has 8 heteroatoms. The molecule has 0 radical (unpaired) electrons. The lowest BCUT2D eigenvalue weighted by molar-refractivity contribution is -0.130. The van der Waals surface area contributed by atoms with Crippen molar-refractivity contribution in [2.75, 3.05) is 53.4 Å². The number of nitrogens with zero attached hydrogens (tertiary/aromatic N) is 3. The van der Waals surface area contributed by atoms with E-state index >= 15 is 0 Å². The van der Waals surface area contributed by atoms with Crippen LogP contribution in [0.15, 0.2) is 29.3 Å². The van der Waals surface area contributed by atoms with E-state index < -0.39 is 0 Å². The highest BCUT2D eigenvalue weighted by molar-refractivity contribution is 14.0. The Labute approximate surface area is 198 Å². The van der Waals surface area contributed by atoms with Crippen LogP contribution in [0, 0.1) is 6.92 Å². The Balaban J connectivity index is 0.00000450. The molecule has 2 rings (SSSR count). The standard InChI is InChI=1S/C22H37N5O2.HI/c1-5-23-22(24-13-8-16-29-20-10-7-6-9-18(20)2)25-19-11-14-27(15-12-19)17-21(28)26(3)4;/h6-7,9-10,19H,5,8,11-17H2,1-4H3,(H2,23,24,25);1H. The second kappa shape index (κ2) is 14.5. The number of para-hydroxylation sites is 1. The van der Waals surface area contributed by atoms with Gasteiger partial charge in [0.25, 0.3) is 0 Å². The molecule has 0 bridgehead atoms. The molecule has 1 aliphatic rings. The number of hydrogen-bond acceptors (Lipinski definition) is 4. The van der Waals surface area contributed by atoms with Gasteiger partial charge in [0.1, 0.15) is 5.75 Å². The number of guanidine groups is 1. The maximum Gasteiger partial charge on any atom is 0.236 e. The van der Waals surface area contributed by atoms with Crippen LogP contribution in [0.3, 0.4) is 0 Å². The number of benzene rings is 1. The van der Waals surface area contributed by atoms with Gasteiger partial charge in [0.15, 0.2) is 5.96 Å². The second-order valence-electron chi connectivity index (χ2n) is 7.71. The summed E-state index contributed by atoms with van der Waals surface area (Å²) in [6.07, 6.45) is 2.90. The molecule has 7 nitrogen and oxygen atoms in total. The number of carbonyl (C=O) groups excluding carboxylic acids is 1. The van der Waals surface area contributed by atoms with Gasteiger partial charge in [0.05, 0.1) is 13.2 Å². The Bertz CT molecular complexity index is 661. The second-order valence-corrected chi connectivity index (χ2v) is 7.71. The molecule has 0 aliphatic carbocycles. The van der Waals surface area contributed by atoms with Crippen molar-refractivity contribution < 1.29 is 9.53 Å². The number of piperidine rings is 1. The van der Waals surface area contributed by atoms with Crippen LogP contribution in [-0.4, -0.2) is 81.1 Å². The highest BCUT2D eigenvalue weighted by Gasteiger charge is 2.21. The van der Waals surface area contributed by atoms with Crippen molar-refractivity contribution in [3.63, 3.8) is 0 Å². The molecule has 1 heterocycles. The number of rotatable bonds is 9. The Morgan fingerprint density at radius 3 is 2.60 bits per heavy atom. The average molecular weight is 531 g/mol. The van der Waals surface area contributed by atoms with Crippen LogP contribution in [0.25, 0.3) is 0 Å². The van der Waals surface area contributed by atoms with Gasteiger partial charge < -0.3 is 20.3 Å². The van der Waals surface area contributed by atoms with E-state index in [0.29, 0.717) is 19.2 Å². The number of likely N-dealkylation sites (N-methyl/N-ethyl adjacent to an activating group) is 1. The summed E-state index contributed by atoms with van der Waals surface area (Å²) in [4.78, 5) is 20.4. The van der Waals surface area contributed by atoms with E-state index in [9.17, 15) is 4.79 Å². The molecular weight excluding hydrogens is 493 g/mol. The van der Waals surface area contributed by atoms with Crippen LogP contribution < -0.4 is 15.4 Å². The lowest BCUT2D eigenvalue weighted by Crippen LogP contribution is -2.50. The van der Waals surface area contributed by atoms with Gasteiger partial charge in [-0.15, -0.1) is 24.0 Å². The number of aliphatic imine (C=N–C) groups is 1. The zero-order valence-electron chi connectivity index (χ0n) is 18.8. The van der Waals surface area contributed by atoms with Gasteiger partial charge in [-0.2, -0.15) is 0 Å². The molecule has 2 N–H and O–H groups in total. The lowest BCUT2D eigenvalue weighted by Gasteiger charge is -2.33. The molecular formula is C22H38IN5O2. The first kappa shape index (κ1) is 26.5. The number of ether oxygens (including phenoxy) is 1. The minimum absolute atomic E-state index is 0. The van der Waals surface area contributed by atoms with Crippen LogP contribution >= 0.6 is 24.0 Å². The van der Waals surface area contributed by atoms with Crippen molar-refractivity contribution in [1.29, 1.82) is 0 Å². The minimum Gasteiger partial charge on any atom is -0.493 e. The maximum absolute atomic E-state index is 11.9. The van der Waals surface area contributed by atoms with E-state index in [2.05, 4.69) is 35.4 Å². The molecule has 0 atom stereocenters. The average Bonchev–Trinajstić information content (AvgIpc) is 2.70. The van der Waals surface area contributed by atoms with Gasteiger partial charge in [-0.05, 0) is 38.3 Å². The summed E-state index contributed by atoms with van der Waals surface area (Å²) in [5.41, 5.74) is 1.16. The minimum atomic E-state index is 0. The molecule has 1 saturated heterocycles. The van der Waals surface area contributed by atoms with E-state index in [1.165, 1.54) is 0 Å². The predicted octanol–water partition coefficient (Wildman–Crippen LogP) is 2.49. The number of halogens is 1. The van der Waals surface area contributed by atoms with Crippen LogP contribution in [0.5, 0.6) is 5.75 Å². The maximum atomic E-state index is 11.9. The number of carbonyl (C=O) groups is 1. The van der Waals surface area contributed by atoms with Gasteiger partial charge in [0.2, 0.25) is 5.91 Å². The van der Waals surface area contributed by atoms with Crippen molar-refractivity contribution in [3.8, 4) is 5.75 Å². The third kappa shape index (κ3) is 9.51. The summed E-state index contributed by atoms with van der Waals surface area (Å²) >= 11 is 0. The lowest BCUT2D eigenvalue weighted by atomic mass is 10.1. The fraction of sp³-hybridized carbons (Fsp3) is 0.636. The molecule has 30 heavy (non-hydrogen) atoms. The van der Waals surface area contributed by atoms with Gasteiger partial charge in [0, 0.05) is 52.7 Å². The summed E-state index contributed by atoms with van der Waals surface area (Å²) in [7, 11) is 3.61. The van der Waals surface area contributed by atoms with Crippen LogP contribution in [0.1, 0.15) is 31.7 Å². The largest absolute Gasteiger partial charge is 0.493 e. The van der Waals surface area contributed by atoms with E-state index in [1.54, 1.807) is 4.90 Å².